The van der Waals surface area contributed by atoms with Gasteiger partial charge in [-0.1, -0.05) is 31.4 Å². The molecule has 1 aromatic rings. The fraction of sp³-hybridized carbons (Fsp3) is 0.562. The van der Waals surface area contributed by atoms with Crippen LogP contribution in [0.2, 0.25) is 0 Å². The van der Waals surface area contributed by atoms with Gasteiger partial charge in [-0.25, -0.2) is 0 Å². The monoisotopic (exact) mass is 322 g/mol. The van der Waals surface area contributed by atoms with Gasteiger partial charge in [0.25, 0.3) is 5.09 Å². The molecule has 1 saturated carbocycles. The number of nitrogens with zero attached hydrogens (tertiary/aromatic N) is 1. The minimum atomic E-state index is -0.854. The summed E-state index contributed by atoms with van der Waals surface area (Å²) in [4.78, 5) is 26.7. The number of esters is 1. The van der Waals surface area contributed by atoms with E-state index < -0.39 is 5.09 Å². The highest BCUT2D eigenvalue weighted by atomic mass is 16.9. The van der Waals surface area contributed by atoms with Crippen molar-refractivity contribution >= 4 is 5.97 Å². The highest BCUT2D eigenvalue weighted by molar-refractivity contribution is 5.73. The summed E-state index contributed by atoms with van der Waals surface area (Å²) in [6.45, 7) is 0.309. The Kier molecular flexibility index (Phi) is 5.92. The fourth-order valence-electron chi connectivity index (χ4n) is 3.05. The predicted molar refractivity (Wildman–Crippen MR) is 83.0 cm³/mol. The second kappa shape index (κ2) is 7.92. The standard InChI is InChI=1S/C16H22N2O5/c17-12-16(7-2-1-3-8-16)10-15(19)23-14-6-4-5-13(9-14)11-22-18(20)21/h4-6,9H,1-3,7-8,10-12,17H2. The molecule has 1 aromatic carbocycles. The van der Waals surface area contributed by atoms with E-state index in [0.29, 0.717) is 24.3 Å². The second-order valence-electron chi connectivity index (χ2n) is 6.06. The molecule has 1 aliphatic rings. The smallest absolute Gasteiger partial charge is 0.311 e. The van der Waals surface area contributed by atoms with E-state index in [9.17, 15) is 14.9 Å². The average molecular weight is 322 g/mol. The number of carbonyl (C=O) groups excluding carboxylic acids is 1. The molecule has 0 amide bonds. The number of ether oxygens (including phenoxy) is 1. The van der Waals surface area contributed by atoms with Gasteiger partial charge in [-0.3, -0.25) is 4.79 Å². The summed E-state index contributed by atoms with van der Waals surface area (Å²) in [5.41, 5.74) is 6.30. The number of benzene rings is 1. The molecule has 2 N–H and O–H groups in total. The molecule has 0 aromatic heterocycles. The topological polar surface area (TPSA) is 105 Å². The Bertz CT molecular complexity index is 555. The summed E-state index contributed by atoms with van der Waals surface area (Å²) in [7, 11) is 0. The van der Waals surface area contributed by atoms with E-state index in [1.165, 1.54) is 6.42 Å². The predicted octanol–water partition coefficient (Wildman–Crippen LogP) is 2.60. The van der Waals surface area contributed by atoms with Crippen LogP contribution < -0.4 is 10.5 Å². The van der Waals surface area contributed by atoms with Crippen LogP contribution in [0.3, 0.4) is 0 Å². The lowest BCUT2D eigenvalue weighted by Gasteiger charge is -2.35. The van der Waals surface area contributed by atoms with E-state index in [2.05, 4.69) is 4.84 Å². The third kappa shape index (κ3) is 5.21. The maximum atomic E-state index is 12.2. The summed E-state index contributed by atoms with van der Waals surface area (Å²) in [5, 5.41) is 9.36. The number of rotatable bonds is 7. The first-order valence-electron chi connectivity index (χ1n) is 7.80. The van der Waals surface area contributed by atoms with E-state index in [1.807, 2.05) is 0 Å². The molecule has 0 aliphatic heterocycles. The Morgan fingerprint density at radius 1 is 1.30 bits per heavy atom. The van der Waals surface area contributed by atoms with Crippen molar-refractivity contribution in [2.24, 2.45) is 11.1 Å². The minimum absolute atomic E-state index is 0.151. The van der Waals surface area contributed by atoms with Crippen molar-refractivity contribution in [3.8, 4) is 5.75 Å². The van der Waals surface area contributed by atoms with Crippen LogP contribution in [-0.2, 0) is 16.2 Å². The van der Waals surface area contributed by atoms with Gasteiger partial charge in [-0.05, 0) is 42.5 Å². The molecular formula is C16H22N2O5. The number of hydrogen-bond acceptors (Lipinski definition) is 6. The molecule has 7 nitrogen and oxygen atoms in total. The Hall–Kier alpha value is -2.15. The van der Waals surface area contributed by atoms with Gasteiger partial charge >= 0.3 is 5.97 Å². The Balaban J connectivity index is 1.94. The van der Waals surface area contributed by atoms with Crippen molar-refractivity contribution in [1.82, 2.24) is 0 Å². The maximum Gasteiger partial charge on any atom is 0.311 e. The van der Waals surface area contributed by atoms with Crippen LogP contribution in [0.15, 0.2) is 24.3 Å². The van der Waals surface area contributed by atoms with Gasteiger partial charge in [0.2, 0.25) is 0 Å². The number of nitrogens with two attached hydrogens (primary N) is 1. The Labute approximate surface area is 134 Å². The molecular weight excluding hydrogens is 300 g/mol. The van der Waals surface area contributed by atoms with Crippen LogP contribution in [0.5, 0.6) is 5.75 Å². The number of hydrogen-bond donors (Lipinski definition) is 1. The Morgan fingerprint density at radius 3 is 2.70 bits per heavy atom. The van der Waals surface area contributed by atoms with E-state index in [-0.39, 0.29) is 18.0 Å². The first-order chi connectivity index (χ1) is 11.0. The molecule has 7 heteroatoms. The van der Waals surface area contributed by atoms with Gasteiger partial charge in [0.05, 0.1) is 6.42 Å². The molecule has 0 radical (unpaired) electrons. The molecule has 126 valence electrons. The maximum absolute atomic E-state index is 12.2. The SMILES string of the molecule is NCC1(CC(=O)Oc2cccc(CO[N+](=O)[O-])c2)CCCCC1. The van der Waals surface area contributed by atoms with Crippen LogP contribution in [0.25, 0.3) is 0 Å². The lowest BCUT2D eigenvalue weighted by atomic mass is 9.72. The van der Waals surface area contributed by atoms with E-state index in [1.54, 1.807) is 24.3 Å². The van der Waals surface area contributed by atoms with Crippen LogP contribution in [0, 0.1) is 15.5 Å². The van der Waals surface area contributed by atoms with E-state index >= 15 is 0 Å². The highest BCUT2D eigenvalue weighted by Crippen LogP contribution is 2.38. The van der Waals surface area contributed by atoms with Gasteiger partial charge in [0.1, 0.15) is 12.4 Å². The fourth-order valence-corrected chi connectivity index (χ4v) is 3.05. The molecule has 23 heavy (non-hydrogen) atoms. The first kappa shape index (κ1) is 17.2. The first-order valence-corrected chi connectivity index (χ1v) is 7.80. The van der Waals surface area contributed by atoms with Crippen LogP contribution in [0.4, 0.5) is 0 Å². The zero-order chi connectivity index (χ0) is 16.7. The molecule has 0 atom stereocenters. The summed E-state index contributed by atoms with van der Waals surface area (Å²) in [5.74, 6) is 0.0483. The van der Waals surface area contributed by atoms with Crippen LogP contribution >= 0.6 is 0 Å². The summed E-state index contributed by atoms with van der Waals surface area (Å²) >= 11 is 0. The molecule has 2 rings (SSSR count). The molecule has 0 spiro atoms. The Morgan fingerprint density at radius 2 is 2.04 bits per heavy atom. The van der Waals surface area contributed by atoms with Crippen molar-refractivity contribution in [3.05, 3.63) is 39.9 Å². The van der Waals surface area contributed by atoms with Gasteiger partial charge < -0.3 is 15.3 Å². The summed E-state index contributed by atoms with van der Waals surface area (Å²) in [6.07, 6.45) is 5.59. The van der Waals surface area contributed by atoms with Crippen molar-refractivity contribution in [2.75, 3.05) is 6.54 Å². The van der Waals surface area contributed by atoms with Crippen molar-refractivity contribution in [1.29, 1.82) is 0 Å². The highest BCUT2D eigenvalue weighted by Gasteiger charge is 2.33. The molecule has 1 aliphatic carbocycles. The quantitative estimate of drug-likeness (QED) is 0.358. The normalized spacial score (nSPS) is 16.6. The van der Waals surface area contributed by atoms with Crippen molar-refractivity contribution < 1.29 is 19.5 Å². The summed E-state index contributed by atoms with van der Waals surface area (Å²) < 4.78 is 5.37. The average Bonchev–Trinajstić information content (AvgIpc) is 2.54. The van der Waals surface area contributed by atoms with E-state index in [4.69, 9.17) is 10.5 Å². The van der Waals surface area contributed by atoms with Crippen LogP contribution in [-0.4, -0.2) is 17.6 Å². The zero-order valence-corrected chi connectivity index (χ0v) is 13.0. The van der Waals surface area contributed by atoms with Crippen molar-refractivity contribution in [2.45, 2.75) is 45.1 Å². The van der Waals surface area contributed by atoms with Crippen molar-refractivity contribution in [3.63, 3.8) is 0 Å². The molecule has 0 unspecified atom stereocenters. The molecule has 1 fully saturated rings. The lowest BCUT2D eigenvalue weighted by Crippen LogP contribution is -2.36. The van der Waals surface area contributed by atoms with Gasteiger partial charge in [0, 0.05) is 0 Å². The minimum Gasteiger partial charge on any atom is -0.427 e. The van der Waals surface area contributed by atoms with Gasteiger partial charge in [-0.15, -0.1) is 10.1 Å². The second-order valence-corrected chi connectivity index (χ2v) is 6.06. The van der Waals surface area contributed by atoms with E-state index in [0.717, 1.165) is 25.7 Å². The summed E-state index contributed by atoms with van der Waals surface area (Å²) in [6, 6.07) is 6.55. The molecule has 0 heterocycles. The zero-order valence-electron chi connectivity index (χ0n) is 13.0. The van der Waals surface area contributed by atoms with Gasteiger partial charge in [-0.2, -0.15) is 0 Å². The number of carbonyl (C=O) groups is 1. The van der Waals surface area contributed by atoms with Gasteiger partial charge in [0.15, 0.2) is 0 Å². The molecule has 0 bridgehead atoms. The lowest BCUT2D eigenvalue weighted by molar-refractivity contribution is -0.763. The third-order valence-electron chi connectivity index (χ3n) is 4.33. The molecule has 0 saturated heterocycles. The van der Waals surface area contributed by atoms with Crippen LogP contribution in [0.1, 0.15) is 44.1 Å². The largest absolute Gasteiger partial charge is 0.427 e. The third-order valence-corrected chi connectivity index (χ3v) is 4.33.